The van der Waals surface area contributed by atoms with E-state index in [4.69, 9.17) is 4.52 Å². The first kappa shape index (κ1) is 10.6. The number of hydrogen-bond acceptors (Lipinski definition) is 4. The van der Waals surface area contributed by atoms with Crippen LogP contribution in [0.3, 0.4) is 0 Å². The third kappa shape index (κ3) is 2.36. The molecule has 0 radical (unpaired) electrons. The molecule has 0 aliphatic rings. The highest BCUT2D eigenvalue weighted by Gasteiger charge is 2.19. The molecule has 16 heavy (non-hydrogen) atoms. The molecule has 0 atom stereocenters. The molecule has 0 saturated heterocycles. The van der Waals surface area contributed by atoms with Crippen molar-refractivity contribution in [1.82, 2.24) is 20.3 Å². The molecule has 1 N–H and O–H groups in total. The fourth-order valence-electron chi connectivity index (χ4n) is 1.13. The lowest BCUT2D eigenvalue weighted by Crippen LogP contribution is -2.13. The number of nitrogens with zero attached hydrogens (tertiary/aromatic N) is 3. The summed E-state index contributed by atoms with van der Waals surface area (Å²) in [7, 11) is 0. The maximum absolute atomic E-state index is 5.11. The molecule has 2 aromatic rings. The van der Waals surface area contributed by atoms with Gasteiger partial charge in [0.25, 0.3) is 5.89 Å². The van der Waals surface area contributed by atoms with Crippen LogP contribution >= 0.6 is 0 Å². The zero-order chi connectivity index (χ0) is 11.6. The predicted octanol–water partition coefficient (Wildman–Crippen LogP) is 2.26. The molecular weight excluding hydrogens is 204 g/mol. The molecule has 5 heteroatoms. The molecule has 0 unspecified atom stereocenters. The van der Waals surface area contributed by atoms with Crippen molar-refractivity contribution in [3.05, 3.63) is 29.7 Å². The average Bonchev–Trinajstić information content (AvgIpc) is 2.85. The van der Waals surface area contributed by atoms with Crippen molar-refractivity contribution in [2.75, 3.05) is 0 Å². The maximum Gasteiger partial charge on any atom is 0.250 e. The van der Waals surface area contributed by atoms with Crippen LogP contribution in [0.15, 0.2) is 16.9 Å². The van der Waals surface area contributed by atoms with Crippen molar-refractivity contribution < 1.29 is 4.52 Å². The second-order valence-corrected chi connectivity index (χ2v) is 4.57. The number of rotatable bonds is 2. The van der Waals surface area contributed by atoms with Crippen LogP contribution in [0.25, 0.3) is 12.2 Å². The van der Waals surface area contributed by atoms with E-state index < -0.39 is 0 Å². The van der Waals surface area contributed by atoms with Gasteiger partial charge in [-0.2, -0.15) is 10.1 Å². The molecule has 0 aliphatic carbocycles. The Labute approximate surface area is 93.6 Å². The molecule has 0 spiro atoms. The Bertz CT molecular complexity index is 476. The maximum atomic E-state index is 5.11. The number of H-pyrrole nitrogens is 1. The molecule has 5 nitrogen and oxygen atoms in total. The molecule has 84 valence electrons. The van der Waals surface area contributed by atoms with Gasteiger partial charge in [-0.25, -0.2) is 0 Å². The Kier molecular flexibility index (Phi) is 2.60. The van der Waals surface area contributed by atoms with Crippen LogP contribution in [0.2, 0.25) is 0 Å². The number of aromatic amines is 1. The number of nitrogens with one attached hydrogen (secondary N) is 1. The molecule has 2 rings (SSSR count). The SMILES string of the molecule is CC(C)(C)c1noc(/C=C/c2cn[nH]c2)n1. The summed E-state index contributed by atoms with van der Waals surface area (Å²) in [5.74, 6) is 1.21. The standard InChI is InChI=1S/C11H14N4O/c1-11(2,3)10-14-9(16-15-10)5-4-8-6-12-13-7-8/h4-7H,1-3H3,(H,12,13)/b5-4+. The molecule has 0 aliphatic heterocycles. The van der Waals surface area contributed by atoms with Crippen LogP contribution in [0.5, 0.6) is 0 Å². The summed E-state index contributed by atoms with van der Waals surface area (Å²) >= 11 is 0. The summed E-state index contributed by atoms with van der Waals surface area (Å²) in [4.78, 5) is 4.29. The van der Waals surface area contributed by atoms with E-state index in [2.05, 4.69) is 20.3 Å². The van der Waals surface area contributed by atoms with Gasteiger partial charge in [-0.1, -0.05) is 25.9 Å². The first-order chi connectivity index (χ1) is 7.55. The van der Waals surface area contributed by atoms with E-state index in [1.807, 2.05) is 26.8 Å². The highest BCUT2D eigenvalue weighted by Crippen LogP contribution is 2.18. The molecule has 0 amide bonds. The minimum atomic E-state index is -0.0920. The van der Waals surface area contributed by atoms with Crippen molar-refractivity contribution in [2.24, 2.45) is 0 Å². The van der Waals surface area contributed by atoms with Gasteiger partial charge in [0.2, 0.25) is 0 Å². The van der Waals surface area contributed by atoms with Gasteiger partial charge in [0.05, 0.1) is 6.20 Å². The topological polar surface area (TPSA) is 67.6 Å². The normalized spacial score (nSPS) is 12.4. The zero-order valence-electron chi connectivity index (χ0n) is 9.56. The lowest BCUT2D eigenvalue weighted by atomic mass is 9.96. The third-order valence-corrected chi connectivity index (χ3v) is 2.05. The summed E-state index contributed by atoms with van der Waals surface area (Å²) < 4.78 is 5.11. The minimum absolute atomic E-state index is 0.0920. The van der Waals surface area contributed by atoms with Gasteiger partial charge in [-0.3, -0.25) is 5.10 Å². The highest BCUT2D eigenvalue weighted by molar-refractivity contribution is 5.64. The monoisotopic (exact) mass is 218 g/mol. The van der Waals surface area contributed by atoms with Gasteiger partial charge >= 0.3 is 0 Å². The van der Waals surface area contributed by atoms with Crippen molar-refractivity contribution in [3.63, 3.8) is 0 Å². The van der Waals surface area contributed by atoms with Crippen LogP contribution in [-0.4, -0.2) is 20.3 Å². The fraction of sp³-hybridized carbons (Fsp3) is 0.364. The quantitative estimate of drug-likeness (QED) is 0.839. The van der Waals surface area contributed by atoms with Gasteiger partial charge in [-0.05, 0) is 6.08 Å². The summed E-state index contributed by atoms with van der Waals surface area (Å²) in [5, 5.41) is 10.5. The van der Waals surface area contributed by atoms with Gasteiger partial charge < -0.3 is 4.52 Å². The highest BCUT2D eigenvalue weighted by atomic mass is 16.5. The van der Waals surface area contributed by atoms with E-state index in [9.17, 15) is 0 Å². The average molecular weight is 218 g/mol. The van der Waals surface area contributed by atoms with Crippen molar-refractivity contribution >= 4 is 12.2 Å². The van der Waals surface area contributed by atoms with E-state index in [1.54, 1.807) is 18.5 Å². The predicted molar refractivity (Wildman–Crippen MR) is 60.5 cm³/mol. The van der Waals surface area contributed by atoms with Gasteiger partial charge in [0.15, 0.2) is 5.82 Å². The molecule has 0 fully saturated rings. The number of hydrogen-bond donors (Lipinski definition) is 1. The summed E-state index contributed by atoms with van der Waals surface area (Å²) in [6.07, 6.45) is 7.14. The second-order valence-electron chi connectivity index (χ2n) is 4.57. The van der Waals surface area contributed by atoms with Crippen molar-refractivity contribution in [3.8, 4) is 0 Å². The molecule has 0 saturated carbocycles. The minimum Gasteiger partial charge on any atom is -0.335 e. The summed E-state index contributed by atoms with van der Waals surface area (Å²) in [5.41, 5.74) is 0.876. The van der Waals surface area contributed by atoms with Crippen LogP contribution in [0.4, 0.5) is 0 Å². The summed E-state index contributed by atoms with van der Waals surface area (Å²) in [6.45, 7) is 6.13. The largest absolute Gasteiger partial charge is 0.335 e. The lowest BCUT2D eigenvalue weighted by molar-refractivity contribution is 0.387. The zero-order valence-corrected chi connectivity index (χ0v) is 9.56. The Hall–Kier alpha value is -1.91. The van der Waals surface area contributed by atoms with Gasteiger partial charge in [-0.15, -0.1) is 0 Å². The number of aromatic nitrogens is 4. The Balaban J connectivity index is 2.15. The van der Waals surface area contributed by atoms with Crippen LogP contribution in [-0.2, 0) is 5.41 Å². The van der Waals surface area contributed by atoms with E-state index in [1.165, 1.54) is 0 Å². The van der Waals surface area contributed by atoms with Gasteiger partial charge in [0.1, 0.15) is 0 Å². The molecule has 0 aromatic carbocycles. The van der Waals surface area contributed by atoms with Crippen molar-refractivity contribution in [1.29, 1.82) is 0 Å². The summed E-state index contributed by atoms with van der Waals surface area (Å²) in [6, 6.07) is 0. The third-order valence-electron chi connectivity index (χ3n) is 2.05. The van der Waals surface area contributed by atoms with E-state index in [0.717, 1.165) is 5.56 Å². The second kappa shape index (κ2) is 3.92. The van der Waals surface area contributed by atoms with E-state index >= 15 is 0 Å². The van der Waals surface area contributed by atoms with Crippen LogP contribution in [0, 0.1) is 0 Å². The molecule has 2 heterocycles. The van der Waals surface area contributed by atoms with Crippen molar-refractivity contribution in [2.45, 2.75) is 26.2 Å². The Morgan fingerprint density at radius 1 is 1.31 bits per heavy atom. The van der Waals surface area contributed by atoms with Gasteiger partial charge in [0, 0.05) is 23.3 Å². The molecular formula is C11H14N4O. The first-order valence-corrected chi connectivity index (χ1v) is 5.07. The first-order valence-electron chi connectivity index (χ1n) is 5.07. The van der Waals surface area contributed by atoms with E-state index in [-0.39, 0.29) is 5.41 Å². The molecule has 2 aromatic heterocycles. The Morgan fingerprint density at radius 2 is 2.12 bits per heavy atom. The fourth-order valence-corrected chi connectivity index (χ4v) is 1.13. The smallest absolute Gasteiger partial charge is 0.250 e. The Morgan fingerprint density at radius 3 is 2.69 bits per heavy atom. The van der Waals surface area contributed by atoms with E-state index in [0.29, 0.717) is 11.7 Å². The molecule has 0 bridgehead atoms. The van der Waals surface area contributed by atoms with Crippen LogP contribution in [0.1, 0.15) is 38.0 Å². The van der Waals surface area contributed by atoms with Crippen LogP contribution < -0.4 is 0 Å². The lowest BCUT2D eigenvalue weighted by Gasteiger charge is -2.10.